The lowest BCUT2D eigenvalue weighted by Crippen LogP contribution is -2.60. The molecule has 0 spiro atoms. The third-order valence-corrected chi connectivity index (χ3v) is 8.42. The number of rotatable bonds is 3. The minimum atomic E-state index is -5.96. The Morgan fingerprint density at radius 3 is 0.795 bits per heavy atom. The molecule has 0 radical (unpaired) electrons. The molecule has 18 heteroatoms. The highest BCUT2D eigenvalue weighted by Gasteiger charge is 2.47. The number of nitrogens with one attached hydrogen (secondary N) is 1. The summed E-state index contributed by atoms with van der Waals surface area (Å²) in [4.78, 5) is 3.85. The second-order valence-corrected chi connectivity index (χ2v) is 9.97. The molecule has 3 aromatic carbocycles. The highest BCUT2D eigenvalue weighted by atomic mass is 27.2. The molecule has 1 N–H and O–H groups in total. The first-order chi connectivity index (χ1) is 18.2. The minimum Gasteiger partial charge on any atom is -0.375 e. The second-order valence-electron chi connectivity index (χ2n) is 7.37. The predicted octanol–water partition coefficient (Wildman–Crippen LogP) is 3.91. The van der Waals surface area contributed by atoms with Crippen molar-refractivity contribution in [1.82, 2.24) is 5.32 Å². The van der Waals surface area contributed by atoms with E-state index in [1.54, 1.807) is 6.34 Å². The number of hydrogen-bond donors (Lipinski definition) is 1. The summed E-state index contributed by atoms with van der Waals surface area (Å²) < 4.78 is 201. The van der Waals surface area contributed by atoms with Crippen LogP contribution in [0.3, 0.4) is 0 Å². The fraction of sp³-hybridized carbons (Fsp3) is 0.0952. The fourth-order valence-electron chi connectivity index (χ4n) is 3.38. The number of aliphatic imine (C=N–C) groups is 1. The van der Waals surface area contributed by atoms with Crippen molar-refractivity contribution >= 4 is 33.8 Å². The molecule has 1 heterocycles. The quantitative estimate of drug-likeness (QED) is 0.211. The molecule has 0 unspecified atom stereocenters. The van der Waals surface area contributed by atoms with Gasteiger partial charge >= 0.3 is 14.1 Å². The maximum absolute atomic E-state index is 14.4. The van der Waals surface area contributed by atoms with Crippen LogP contribution in [0.15, 0.2) is 4.99 Å². The molecule has 1 aliphatic heterocycles. The summed E-state index contributed by atoms with van der Waals surface area (Å²) in [6.07, 6.45) is 1.74. The lowest BCUT2D eigenvalue weighted by Gasteiger charge is -2.20. The van der Waals surface area contributed by atoms with Crippen LogP contribution in [0.1, 0.15) is 0 Å². The van der Waals surface area contributed by atoms with Gasteiger partial charge in [0.05, 0.1) is 12.9 Å². The lowest BCUT2D eigenvalue weighted by atomic mass is 10.3. The largest absolute Gasteiger partial charge is 0.413 e. The van der Waals surface area contributed by atoms with Crippen LogP contribution in [0.5, 0.6) is 0 Å². The Hall–Kier alpha value is -3.39. The van der Waals surface area contributed by atoms with E-state index >= 15 is 0 Å². The number of nitrogens with zero attached hydrogens (tertiary/aromatic N) is 1. The highest BCUT2D eigenvalue weighted by molar-refractivity contribution is 6.95. The van der Waals surface area contributed by atoms with E-state index in [1.807, 2.05) is 0 Å². The van der Waals surface area contributed by atoms with Gasteiger partial charge in [0.15, 0.2) is 87.3 Å². The van der Waals surface area contributed by atoms with Gasteiger partial charge in [0.1, 0.15) is 0 Å². The molecule has 1 aliphatic rings. The number of halogens is 15. The Morgan fingerprint density at radius 2 is 0.641 bits per heavy atom. The summed E-state index contributed by atoms with van der Waals surface area (Å²) in [5.74, 6) is -44.6. The third-order valence-electron chi connectivity index (χ3n) is 5.17. The summed E-state index contributed by atoms with van der Waals surface area (Å²) in [6, 6.07) is 0. The minimum absolute atomic E-state index is 0.958. The van der Waals surface area contributed by atoms with Gasteiger partial charge in [0.2, 0.25) is 0 Å². The van der Waals surface area contributed by atoms with Crippen molar-refractivity contribution in [2.24, 2.45) is 4.99 Å². The van der Waals surface area contributed by atoms with Crippen LogP contribution in [0.25, 0.3) is 0 Å². The Morgan fingerprint density at radius 1 is 0.410 bits per heavy atom. The molecule has 0 atom stereocenters. The van der Waals surface area contributed by atoms with Crippen LogP contribution in [0.2, 0.25) is 0 Å². The monoisotopic (exact) mass is 598 g/mol. The smallest absolute Gasteiger partial charge is 0.375 e. The van der Waals surface area contributed by atoms with Gasteiger partial charge in [0.25, 0.3) is 0 Å². The van der Waals surface area contributed by atoms with Crippen molar-refractivity contribution in [3.63, 3.8) is 0 Å². The van der Waals surface area contributed by atoms with Gasteiger partial charge in [-0.3, -0.25) is 4.99 Å². The normalized spacial score (nSPS) is 12.4. The van der Waals surface area contributed by atoms with Crippen LogP contribution in [-0.4, -0.2) is 33.6 Å². The average Bonchev–Trinajstić information content (AvgIpc) is 3.51. The molecule has 3 aromatic rings. The summed E-state index contributed by atoms with van der Waals surface area (Å²) in [7, 11) is 0. The van der Waals surface area contributed by atoms with Gasteiger partial charge in [-0.2, -0.15) is 0 Å². The van der Waals surface area contributed by atoms with Crippen molar-refractivity contribution in [2.75, 3.05) is 13.1 Å². The van der Waals surface area contributed by atoms with E-state index in [1.165, 1.54) is 0 Å². The van der Waals surface area contributed by atoms with E-state index in [9.17, 15) is 65.9 Å². The third kappa shape index (κ3) is 5.02. The SMILES string of the molecule is C1=NCCN1.Fc1c(F)c(F)[c]([Al]([c]2c(F)c(F)c(F)c(F)c2F)[c]2c(F)c(F)c(F)c(F)c2F)c(F)c1F. The van der Waals surface area contributed by atoms with E-state index in [2.05, 4.69) is 10.3 Å². The Kier molecular flexibility index (Phi) is 8.80. The number of hydrogen-bond acceptors (Lipinski definition) is 2. The first-order valence-corrected chi connectivity index (χ1v) is 11.6. The van der Waals surface area contributed by atoms with Crippen molar-refractivity contribution in [3.8, 4) is 0 Å². The van der Waals surface area contributed by atoms with Crippen LogP contribution in [0, 0.1) is 87.3 Å². The molecule has 0 amide bonds. The molecule has 2 nitrogen and oxygen atoms in total. The van der Waals surface area contributed by atoms with Crippen LogP contribution in [0.4, 0.5) is 65.9 Å². The molecule has 0 saturated carbocycles. The summed E-state index contributed by atoms with van der Waals surface area (Å²) >= 11 is -5.96. The molecule has 4 rings (SSSR count). The van der Waals surface area contributed by atoms with Crippen molar-refractivity contribution < 1.29 is 65.9 Å². The molecule has 208 valence electrons. The maximum atomic E-state index is 14.4. The van der Waals surface area contributed by atoms with Gasteiger partial charge in [-0.05, 0) is 13.3 Å². The lowest BCUT2D eigenvalue weighted by molar-refractivity contribution is 0.380. The Bertz CT molecular complexity index is 1250. The zero-order chi connectivity index (χ0) is 29.5. The van der Waals surface area contributed by atoms with Crippen molar-refractivity contribution in [2.45, 2.75) is 0 Å². The predicted molar refractivity (Wildman–Crippen MR) is 105 cm³/mol. The fourth-order valence-corrected chi connectivity index (χ4v) is 6.53. The van der Waals surface area contributed by atoms with Crippen molar-refractivity contribution in [1.29, 1.82) is 0 Å². The molecule has 0 aromatic heterocycles. The molecule has 0 fully saturated rings. The maximum Gasteiger partial charge on any atom is 0.413 e. The average molecular weight is 598 g/mol. The van der Waals surface area contributed by atoms with Gasteiger partial charge in [-0.15, -0.1) is 0 Å². The zero-order valence-electron chi connectivity index (χ0n) is 18.2. The van der Waals surface area contributed by atoms with Gasteiger partial charge in [-0.25, -0.2) is 65.9 Å². The standard InChI is InChI=1S/3C6F5.C3H6N2.Al/c3*7-2-1-3(8)5(10)6(11)4(2)9;1-2-5-3-4-1;/h;;;3H,1-2H2,(H,4,5);. The summed E-state index contributed by atoms with van der Waals surface area (Å²) in [5, 5.41) is 2.93. The van der Waals surface area contributed by atoms with E-state index in [0.717, 1.165) is 13.1 Å². The van der Waals surface area contributed by atoms with Gasteiger partial charge < -0.3 is 5.32 Å². The molecule has 0 saturated heterocycles. The van der Waals surface area contributed by atoms with Crippen LogP contribution in [-0.2, 0) is 0 Å². The summed E-state index contributed by atoms with van der Waals surface area (Å²) in [6.45, 7) is 1.99. The van der Waals surface area contributed by atoms with Gasteiger partial charge in [0, 0.05) is 6.54 Å². The van der Waals surface area contributed by atoms with Crippen LogP contribution >= 0.6 is 0 Å². The highest BCUT2D eigenvalue weighted by Crippen LogP contribution is 2.23. The van der Waals surface area contributed by atoms with Gasteiger partial charge in [-0.1, -0.05) is 0 Å². The Labute approximate surface area is 210 Å². The summed E-state index contributed by atoms with van der Waals surface area (Å²) in [5.41, 5.74) is 0. The van der Waals surface area contributed by atoms with Crippen molar-refractivity contribution in [3.05, 3.63) is 87.3 Å². The first-order valence-electron chi connectivity index (χ1n) is 9.92. The molecular formula is C21H6AlF15N2. The van der Waals surface area contributed by atoms with E-state index < -0.39 is 115 Å². The van der Waals surface area contributed by atoms with E-state index in [0.29, 0.717) is 0 Å². The van der Waals surface area contributed by atoms with E-state index in [-0.39, 0.29) is 0 Å². The second kappa shape index (κ2) is 11.4. The Balaban J connectivity index is 0.000000753. The molecule has 0 aliphatic carbocycles. The topological polar surface area (TPSA) is 24.4 Å². The van der Waals surface area contributed by atoms with Crippen LogP contribution < -0.4 is 18.6 Å². The molecular weight excluding hydrogens is 592 g/mol. The molecule has 0 bridgehead atoms. The first kappa shape index (κ1) is 30.2. The molecule has 39 heavy (non-hydrogen) atoms. The number of benzene rings is 3. The van der Waals surface area contributed by atoms with E-state index in [4.69, 9.17) is 0 Å². The zero-order valence-corrected chi connectivity index (χ0v) is 19.3.